The van der Waals surface area contributed by atoms with Gasteiger partial charge in [-0.25, -0.2) is 4.98 Å². The van der Waals surface area contributed by atoms with E-state index in [0.717, 1.165) is 23.5 Å². The average Bonchev–Trinajstić information content (AvgIpc) is 3.49. The van der Waals surface area contributed by atoms with Gasteiger partial charge in [-0.05, 0) is 35.9 Å². The summed E-state index contributed by atoms with van der Waals surface area (Å²) in [4.78, 5) is 19.8. The molecule has 1 aliphatic heterocycles. The van der Waals surface area contributed by atoms with Crippen LogP contribution in [0.1, 0.15) is 33.4 Å². The first-order chi connectivity index (χ1) is 14.8. The monoisotopic (exact) mass is 415 g/mol. The lowest BCUT2D eigenvalue weighted by Gasteiger charge is -2.37. The molecule has 6 heteroatoms. The van der Waals surface area contributed by atoms with Crippen molar-refractivity contribution in [3.8, 4) is 5.75 Å². The molecule has 5 nitrogen and oxygen atoms in total. The summed E-state index contributed by atoms with van der Waals surface area (Å²) in [6.45, 7) is 1.84. The van der Waals surface area contributed by atoms with Gasteiger partial charge >= 0.3 is 0 Å². The quantitative estimate of drug-likeness (QED) is 0.472. The molecule has 150 valence electrons. The summed E-state index contributed by atoms with van der Waals surface area (Å²) in [6.07, 6.45) is 2.08. The van der Waals surface area contributed by atoms with E-state index in [-0.39, 0.29) is 11.9 Å². The Labute approximate surface area is 179 Å². The van der Waals surface area contributed by atoms with Gasteiger partial charge in [-0.2, -0.15) is 0 Å². The number of nitrogens with zero attached hydrogens (tertiary/aromatic N) is 3. The van der Waals surface area contributed by atoms with Crippen LogP contribution in [0.5, 0.6) is 5.75 Å². The molecule has 2 aromatic heterocycles. The number of aromatic nitrogens is 2. The van der Waals surface area contributed by atoms with E-state index < -0.39 is 0 Å². The van der Waals surface area contributed by atoms with Gasteiger partial charge < -0.3 is 14.2 Å². The summed E-state index contributed by atoms with van der Waals surface area (Å²) >= 11 is 1.54. The fraction of sp³-hybridized carbons (Fsp3) is 0.167. The van der Waals surface area contributed by atoms with Gasteiger partial charge in [0.15, 0.2) is 0 Å². The van der Waals surface area contributed by atoms with Crippen LogP contribution in [-0.2, 0) is 13.2 Å². The Morgan fingerprint density at radius 1 is 1.07 bits per heavy atom. The van der Waals surface area contributed by atoms with Gasteiger partial charge in [0.1, 0.15) is 12.4 Å². The minimum Gasteiger partial charge on any atom is -0.487 e. The fourth-order valence-electron chi connectivity index (χ4n) is 3.94. The molecule has 1 amide bonds. The first-order valence-corrected chi connectivity index (χ1v) is 10.8. The lowest BCUT2D eigenvalue weighted by atomic mass is 9.99. The zero-order chi connectivity index (χ0) is 20.3. The molecule has 0 aliphatic carbocycles. The second kappa shape index (κ2) is 8.16. The Balaban J connectivity index is 1.43. The van der Waals surface area contributed by atoms with Gasteiger partial charge in [0.2, 0.25) is 0 Å². The van der Waals surface area contributed by atoms with E-state index in [0.29, 0.717) is 24.5 Å². The van der Waals surface area contributed by atoms with Crippen molar-refractivity contribution >= 4 is 17.2 Å². The largest absolute Gasteiger partial charge is 0.487 e. The maximum Gasteiger partial charge on any atom is 0.254 e. The SMILES string of the molecule is O=C(c1cccc(OCc2cscn2)c1)N1CCn2cccc2C1c1ccccc1. The van der Waals surface area contributed by atoms with Crippen LogP contribution in [0.3, 0.4) is 0 Å². The number of hydrogen-bond donors (Lipinski definition) is 0. The molecule has 0 spiro atoms. The number of carbonyl (C=O) groups excluding carboxylic acids is 1. The lowest BCUT2D eigenvalue weighted by Crippen LogP contribution is -2.42. The van der Waals surface area contributed by atoms with E-state index in [1.807, 2.05) is 58.8 Å². The van der Waals surface area contributed by atoms with Gasteiger partial charge in [-0.1, -0.05) is 36.4 Å². The summed E-state index contributed by atoms with van der Waals surface area (Å²) in [5, 5.41) is 1.96. The smallest absolute Gasteiger partial charge is 0.254 e. The first kappa shape index (κ1) is 18.6. The van der Waals surface area contributed by atoms with E-state index in [4.69, 9.17) is 4.74 Å². The van der Waals surface area contributed by atoms with Crippen LogP contribution in [0.2, 0.25) is 0 Å². The second-order valence-corrected chi connectivity index (χ2v) is 7.95. The number of fused-ring (bicyclic) bond motifs is 1. The third-order valence-corrected chi connectivity index (χ3v) is 6.00. The topological polar surface area (TPSA) is 47.4 Å². The van der Waals surface area contributed by atoms with Gasteiger partial charge in [-0.3, -0.25) is 4.79 Å². The van der Waals surface area contributed by atoms with Gasteiger partial charge in [0, 0.05) is 35.9 Å². The summed E-state index contributed by atoms with van der Waals surface area (Å²) in [5.41, 5.74) is 5.55. The molecular formula is C24H21N3O2S. The van der Waals surface area contributed by atoms with Crippen LogP contribution in [-0.4, -0.2) is 26.9 Å². The number of hydrogen-bond acceptors (Lipinski definition) is 4. The molecule has 30 heavy (non-hydrogen) atoms. The Morgan fingerprint density at radius 3 is 2.80 bits per heavy atom. The van der Waals surface area contributed by atoms with Crippen molar-refractivity contribution in [2.75, 3.05) is 6.54 Å². The van der Waals surface area contributed by atoms with Crippen molar-refractivity contribution in [3.63, 3.8) is 0 Å². The zero-order valence-electron chi connectivity index (χ0n) is 16.3. The molecule has 1 atom stereocenters. The zero-order valence-corrected chi connectivity index (χ0v) is 17.2. The highest BCUT2D eigenvalue weighted by atomic mass is 32.1. The van der Waals surface area contributed by atoms with Crippen molar-refractivity contribution in [2.24, 2.45) is 0 Å². The van der Waals surface area contributed by atoms with Crippen LogP contribution in [0.4, 0.5) is 0 Å². The normalized spacial score (nSPS) is 15.6. The molecule has 0 bridgehead atoms. The Kier molecular flexibility index (Phi) is 5.07. The molecule has 3 heterocycles. The predicted molar refractivity (Wildman–Crippen MR) is 117 cm³/mol. The third-order valence-electron chi connectivity index (χ3n) is 5.37. The number of rotatable bonds is 5. The van der Waals surface area contributed by atoms with Gasteiger partial charge in [0.25, 0.3) is 5.91 Å². The molecule has 0 N–H and O–H groups in total. The average molecular weight is 416 g/mol. The summed E-state index contributed by atoms with van der Waals surface area (Å²) in [7, 11) is 0. The molecule has 0 saturated carbocycles. The summed E-state index contributed by atoms with van der Waals surface area (Å²) in [5.74, 6) is 0.681. The second-order valence-electron chi connectivity index (χ2n) is 7.23. The Hall–Kier alpha value is -3.38. The molecule has 0 radical (unpaired) electrons. The van der Waals surface area contributed by atoms with Gasteiger partial charge in [0.05, 0.1) is 17.2 Å². The Morgan fingerprint density at radius 2 is 1.97 bits per heavy atom. The standard InChI is InChI=1S/C24H21N3O2S/c28-24(19-8-4-9-21(14-19)29-15-20-16-30-17-25-20)27-13-12-26-11-5-10-22(26)23(27)18-6-2-1-3-7-18/h1-11,14,16-17,23H,12-13,15H2. The van der Waals surface area contributed by atoms with Crippen LogP contribution in [0.25, 0.3) is 0 Å². The Bertz CT molecular complexity index is 1140. The number of ether oxygens (including phenoxy) is 1. The summed E-state index contributed by atoms with van der Waals surface area (Å²) in [6, 6.07) is 21.7. The fourth-order valence-corrected chi connectivity index (χ4v) is 4.48. The van der Waals surface area contributed by atoms with Crippen LogP contribution in [0.15, 0.2) is 83.8 Å². The van der Waals surface area contributed by atoms with Crippen LogP contribution < -0.4 is 4.74 Å². The third kappa shape index (κ3) is 3.62. The number of thiazole rings is 1. The molecule has 5 rings (SSSR count). The minimum absolute atomic E-state index is 0.00964. The molecule has 0 fully saturated rings. The molecule has 1 aliphatic rings. The van der Waals surface area contributed by atoms with Crippen molar-refractivity contribution in [3.05, 3.63) is 106 Å². The number of amides is 1. The van der Waals surface area contributed by atoms with Crippen LogP contribution in [0, 0.1) is 0 Å². The highest BCUT2D eigenvalue weighted by molar-refractivity contribution is 7.07. The molecule has 1 unspecified atom stereocenters. The van der Waals surface area contributed by atoms with Crippen LogP contribution >= 0.6 is 11.3 Å². The van der Waals surface area contributed by atoms with Crippen molar-refractivity contribution < 1.29 is 9.53 Å². The molecule has 4 aromatic rings. The molecule has 0 saturated heterocycles. The van der Waals surface area contributed by atoms with E-state index in [1.54, 1.807) is 16.8 Å². The van der Waals surface area contributed by atoms with Crippen molar-refractivity contribution in [1.82, 2.24) is 14.5 Å². The van der Waals surface area contributed by atoms with Crippen molar-refractivity contribution in [2.45, 2.75) is 19.2 Å². The molecule has 2 aromatic carbocycles. The van der Waals surface area contributed by atoms with E-state index in [9.17, 15) is 4.79 Å². The summed E-state index contributed by atoms with van der Waals surface area (Å²) < 4.78 is 8.08. The number of benzene rings is 2. The maximum atomic E-state index is 13.6. The highest BCUT2D eigenvalue weighted by Gasteiger charge is 2.32. The first-order valence-electron chi connectivity index (χ1n) is 9.90. The lowest BCUT2D eigenvalue weighted by molar-refractivity contribution is 0.0663. The minimum atomic E-state index is -0.109. The predicted octanol–water partition coefficient (Wildman–Crippen LogP) is 4.77. The van der Waals surface area contributed by atoms with E-state index in [2.05, 4.69) is 33.9 Å². The van der Waals surface area contributed by atoms with Gasteiger partial charge in [-0.15, -0.1) is 11.3 Å². The highest BCUT2D eigenvalue weighted by Crippen LogP contribution is 2.33. The maximum absolute atomic E-state index is 13.6. The van der Waals surface area contributed by atoms with E-state index in [1.165, 1.54) is 0 Å². The number of carbonyl (C=O) groups is 1. The molecular weight excluding hydrogens is 394 g/mol. The van der Waals surface area contributed by atoms with Crippen molar-refractivity contribution in [1.29, 1.82) is 0 Å². The van der Waals surface area contributed by atoms with E-state index >= 15 is 0 Å².